The minimum Gasteiger partial charge on any atom is -0.472 e. The molecule has 0 saturated carbocycles. The summed E-state index contributed by atoms with van der Waals surface area (Å²) < 4.78 is 4.68. The summed E-state index contributed by atoms with van der Waals surface area (Å²) in [6.07, 6.45) is 0. The molecule has 0 atom stereocenters. The van der Waals surface area contributed by atoms with E-state index in [1.165, 1.54) is 13.2 Å². The van der Waals surface area contributed by atoms with Crippen LogP contribution in [0, 0.1) is 20.4 Å². The molecule has 0 unspecified atom stereocenters. The van der Waals surface area contributed by atoms with E-state index in [1.807, 2.05) is 0 Å². The van der Waals surface area contributed by atoms with Crippen LogP contribution in [0.4, 0.5) is 0 Å². The Morgan fingerprint density at radius 3 is 2.22 bits per heavy atom. The van der Waals surface area contributed by atoms with E-state index in [1.54, 1.807) is 31.2 Å². The SMILES string of the molecule is COC(=O)c1c[c-]c2c(c1C)C(=O)c1ccccc1C2=O.[CH3-].[Y]. The summed E-state index contributed by atoms with van der Waals surface area (Å²) in [4.78, 5) is 36.8. The van der Waals surface area contributed by atoms with Gasteiger partial charge in [0, 0.05) is 38.3 Å². The van der Waals surface area contributed by atoms with Crippen molar-refractivity contribution < 1.29 is 51.8 Å². The van der Waals surface area contributed by atoms with Gasteiger partial charge in [-0.05, 0) is 11.1 Å². The number of hydrogen-bond donors (Lipinski definition) is 0. The number of hydrogen-bond acceptors (Lipinski definition) is 4. The van der Waals surface area contributed by atoms with Crippen LogP contribution in [0.1, 0.15) is 47.8 Å². The summed E-state index contributed by atoms with van der Waals surface area (Å²) in [5.41, 5.74) is 1.87. The van der Waals surface area contributed by atoms with Crippen molar-refractivity contribution >= 4 is 17.5 Å². The summed E-state index contributed by atoms with van der Waals surface area (Å²) in [5, 5.41) is 0. The van der Waals surface area contributed by atoms with Gasteiger partial charge in [-0.3, -0.25) is 9.59 Å². The van der Waals surface area contributed by atoms with Crippen LogP contribution in [0.5, 0.6) is 0 Å². The van der Waals surface area contributed by atoms with Crippen LogP contribution >= 0.6 is 0 Å². The second kappa shape index (κ2) is 7.28. The average molecular weight is 383 g/mol. The smallest absolute Gasteiger partial charge is 0.295 e. The molecule has 0 bridgehead atoms. The molecule has 23 heavy (non-hydrogen) atoms. The van der Waals surface area contributed by atoms with Crippen LogP contribution in [0.25, 0.3) is 0 Å². The first-order valence-electron chi connectivity index (χ1n) is 6.38. The molecule has 5 heteroatoms. The van der Waals surface area contributed by atoms with Gasteiger partial charge in [-0.25, -0.2) is 0 Å². The molecular weight excluding hydrogens is 369 g/mol. The molecule has 0 N–H and O–H groups in total. The summed E-state index contributed by atoms with van der Waals surface area (Å²) in [7, 11) is 1.27. The Bertz CT molecular complexity index is 809. The van der Waals surface area contributed by atoms with Gasteiger partial charge in [-0.1, -0.05) is 42.3 Å². The average Bonchev–Trinajstić information content (AvgIpc) is 2.51. The van der Waals surface area contributed by atoms with E-state index in [2.05, 4.69) is 10.8 Å². The van der Waals surface area contributed by atoms with Crippen LogP contribution in [-0.4, -0.2) is 24.6 Å². The third-order valence-electron chi connectivity index (χ3n) is 3.67. The molecule has 4 nitrogen and oxygen atoms in total. The van der Waals surface area contributed by atoms with Gasteiger partial charge in [0.25, 0.3) is 5.97 Å². The molecular formula is C18H14O4Y-2. The van der Waals surface area contributed by atoms with Gasteiger partial charge >= 0.3 is 0 Å². The Morgan fingerprint density at radius 2 is 1.65 bits per heavy atom. The van der Waals surface area contributed by atoms with Crippen LogP contribution in [-0.2, 0) is 37.4 Å². The fourth-order valence-electron chi connectivity index (χ4n) is 2.58. The van der Waals surface area contributed by atoms with Gasteiger partial charge < -0.3 is 17.0 Å². The fraction of sp³-hybridized carbons (Fsp3) is 0.111. The van der Waals surface area contributed by atoms with Gasteiger partial charge in [0.05, 0.1) is 7.11 Å². The number of methoxy groups -OCH3 is 1. The molecule has 1 radical (unpaired) electrons. The Labute approximate surface area is 160 Å². The Morgan fingerprint density at radius 1 is 1.09 bits per heavy atom. The van der Waals surface area contributed by atoms with E-state index in [9.17, 15) is 14.4 Å². The second-order valence-electron chi connectivity index (χ2n) is 4.77. The molecule has 0 heterocycles. The zero-order chi connectivity index (χ0) is 15.1. The summed E-state index contributed by atoms with van der Waals surface area (Å²) in [6.45, 7) is 1.64. The molecule has 0 saturated heterocycles. The van der Waals surface area contributed by atoms with Crippen molar-refractivity contribution in [1.82, 2.24) is 0 Å². The van der Waals surface area contributed by atoms with Crippen molar-refractivity contribution in [2.75, 3.05) is 7.11 Å². The Kier molecular flexibility index (Phi) is 6.14. The van der Waals surface area contributed by atoms with Gasteiger partial charge in [-0.15, -0.1) is 17.7 Å². The number of carbonyl (C=O) groups excluding carboxylic acids is 3. The number of esters is 1. The molecule has 0 fully saturated rings. The van der Waals surface area contributed by atoms with E-state index in [-0.39, 0.29) is 68.4 Å². The Hall–Kier alpha value is -1.65. The van der Waals surface area contributed by atoms with Crippen molar-refractivity contribution in [2.45, 2.75) is 6.92 Å². The standard InChI is InChI=1S/C17H11O4.CH3.Y/c1-9-10(17(20)21-2)7-8-13-14(9)16(19)12-6-4-3-5-11(12)15(13)18;;/h3-7H,1-2H3;1H3;/q2*-1;. The number of fused-ring (bicyclic) bond motifs is 2. The zero-order valence-corrected chi connectivity index (χ0v) is 15.9. The van der Waals surface area contributed by atoms with Crippen molar-refractivity contribution in [1.29, 1.82) is 0 Å². The van der Waals surface area contributed by atoms with E-state index < -0.39 is 5.97 Å². The molecule has 0 spiro atoms. The van der Waals surface area contributed by atoms with E-state index in [0.717, 1.165) is 0 Å². The van der Waals surface area contributed by atoms with Crippen molar-refractivity contribution in [3.63, 3.8) is 0 Å². The quantitative estimate of drug-likeness (QED) is 0.479. The number of carbonyl (C=O) groups is 3. The predicted molar refractivity (Wildman–Crippen MR) is 81.1 cm³/mol. The fourth-order valence-corrected chi connectivity index (χ4v) is 2.58. The molecule has 3 rings (SSSR count). The number of benzene rings is 2. The first-order valence-corrected chi connectivity index (χ1v) is 6.38. The molecule has 0 aliphatic heterocycles. The number of rotatable bonds is 1. The maximum Gasteiger partial charge on any atom is 0.295 e. The predicted octanol–water partition coefficient (Wildman–Crippen LogP) is 2.81. The molecule has 1 aliphatic carbocycles. The third kappa shape index (κ3) is 2.93. The third-order valence-corrected chi connectivity index (χ3v) is 3.67. The van der Waals surface area contributed by atoms with E-state index in [0.29, 0.717) is 16.7 Å². The van der Waals surface area contributed by atoms with Gasteiger partial charge in [0.2, 0.25) is 0 Å². The molecule has 0 aromatic heterocycles. The molecule has 115 valence electrons. The topological polar surface area (TPSA) is 60.4 Å². The minimum absolute atomic E-state index is 0. The van der Waals surface area contributed by atoms with Gasteiger partial charge in [-0.2, -0.15) is 0 Å². The molecule has 2 aromatic carbocycles. The normalized spacial score (nSPS) is 11.6. The minimum atomic E-state index is -0.550. The Balaban J connectivity index is 0.00000132. The molecule has 2 aromatic rings. The zero-order valence-electron chi connectivity index (χ0n) is 13.1. The van der Waals surface area contributed by atoms with Crippen LogP contribution < -0.4 is 0 Å². The summed E-state index contributed by atoms with van der Waals surface area (Å²) in [5.74, 6) is -1.06. The maximum absolute atomic E-state index is 12.6. The summed E-state index contributed by atoms with van der Waals surface area (Å²) in [6, 6.07) is 10.8. The van der Waals surface area contributed by atoms with Gasteiger partial charge in [0.1, 0.15) is 5.78 Å². The number of ketones is 2. The van der Waals surface area contributed by atoms with Crippen LogP contribution in [0.3, 0.4) is 0 Å². The van der Waals surface area contributed by atoms with E-state index >= 15 is 0 Å². The van der Waals surface area contributed by atoms with Crippen LogP contribution in [0.2, 0.25) is 0 Å². The van der Waals surface area contributed by atoms with Crippen LogP contribution in [0.15, 0.2) is 30.3 Å². The van der Waals surface area contributed by atoms with Gasteiger partial charge in [0.15, 0.2) is 5.78 Å². The maximum atomic E-state index is 12.6. The largest absolute Gasteiger partial charge is 0.472 e. The first kappa shape index (κ1) is 19.4. The number of ether oxygens (including phenoxy) is 1. The van der Waals surface area contributed by atoms with E-state index in [4.69, 9.17) is 0 Å². The van der Waals surface area contributed by atoms with Crippen molar-refractivity contribution in [3.8, 4) is 0 Å². The van der Waals surface area contributed by atoms with Crippen molar-refractivity contribution in [3.05, 3.63) is 77.2 Å². The molecule has 0 amide bonds. The molecule has 1 aliphatic rings. The first-order chi connectivity index (χ1) is 10.1. The summed E-state index contributed by atoms with van der Waals surface area (Å²) >= 11 is 0. The van der Waals surface area contributed by atoms with Crippen molar-refractivity contribution in [2.24, 2.45) is 0 Å². The second-order valence-corrected chi connectivity index (χ2v) is 4.77. The monoisotopic (exact) mass is 383 g/mol.